The quantitative estimate of drug-likeness (QED) is 0.324. The number of nitrogens with zero attached hydrogens (tertiary/aromatic N) is 1. The second kappa shape index (κ2) is 12.3. The van der Waals surface area contributed by atoms with Gasteiger partial charge in [0.1, 0.15) is 6.04 Å². The minimum atomic E-state index is -2.04. The van der Waals surface area contributed by atoms with Gasteiger partial charge in [0.05, 0.1) is 13.2 Å². The van der Waals surface area contributed by atoms with E-state index in [4.69, 9.17) is 18.6 Å². The zero-order valence-corrected chi connectivity index (χ0v) is 20.5. The SMILES string of the molecule is CCOCC(COCC)OC(=O)N1C(=O)[C@@H](O[Si](CC)(CC)CC)[C@H]1c1ccccc1. The van der Waals surface area contributed by atoms with Crippen molar-refractivity contribution in [2.24, 2.45) is 0 Å². The molecular weight excluding hydrogens is 414 g/mol. The van der Waals surface area contributed by atoms with Gasteiger partial charge < -0.3 is 18.6 Å². The number of rotatable bonds is 13. The van der Waals surface area contributed by atoms with Crippen LogP contribution in [0.2, 0.25) is 18.1 Å². The fourth-order valence-corrected chi connectivity index (χ4v) is 6.61. The smallest absolute Gasteiger partial charge is 0.417 e. The summed E-state index contributed by atoms with van der Waals surface area (Å²) in [5, 5.41) is 0. The van der Waals surface area contributed by atoms with Crippen LogP contribution in [0.5, 0.6) is 0 Å². The summed E-state index contributed by atoms with van der Waals surface area (Å²) in [5.74, 6) is -0.336. The first-order valence-corrected chi connectivity index (χ1v) is 13.9. The number of ether oxygens (including phenoxy) is 3. The molecule has 1 aliphatic heterocycles. The van der Waals surface area contributed by atoms with Crippen LogP contribution >= 0.6 is 0 Å². The van der Waals surface area contributed by atoms with Crippen molar-refractivity contribution in [3.63, 3.8) is 0 Å². The second-order valence-corrected chi connectivity index (χ2v) is 12.4. The number of carbonyl (C=O) groups is 2. The van der Waals surface area contributed by atoms with Gasteiger partial charge in [-0.2, -0.15) is 0 Å². The molecule has 0 unspecified atom stereocenters. The summed E-state index contributed by atoms with van der Waals surface area (Å²) in [5.41, 5.74) is 0.862. The van der Waals surface area contributed by atoms with E-state index in [0.29, 0.717) is 13.2 Å². The molecule has 1 aromatic carbocycles. The number of likely N-dealkylation sites (tertiary alicyclic amines) is 1. The standard InChI is InChI=1S/C23H37NO6Si/c1-6-27-16-19(17-28-7-2)29-23(26)24-20(18-14-12-11-13-15-18)21(22(24)25)30-31(8-3,9-4)10-5/h11-15,19-21H,6-10,16-17H2,1-5H3/t20-,21+/m1/s1. The molecule has 0 spiro atoms. The first kappa shape index (κ1) is 25.5. The number of imide groups is 1. The Bertz CT molecular complexity index is 680. The Balaban J connectivity index is 2.22. The van der Waals surface area contributed by atoms with E-state index in [-0.39, 0.29) is 19.1 Å². The minimum Gasteiger partial charge on any atom is -0.441 e. The molecule has 2 amide bonds. The molecule has 174 valence electrons. The summed E-state index contributed by atoms with van der Waals surface area (Å²) in [4.78, 5) is 27.3. The molecule has 1 saturated heterocycles. The van der Waals surface area contributed by atoms with E-state index in [9.17, 15) is 9.59 Å². The highest BCUT2D eigenvalue weighted by Gasteiger charge is 2.55. The molecule has 1 aromatic rings. The minimum absolute atomic E-state index is 0.220. The van der Waals surface area contributed by atoms with Gasteiger partial charge in [-0.1, -0.05) is 51.1 Å². The van der Waals surface area contributed by atoms with Gasteiger partial charge >= 0.3 is 6.09 Å². The zero-order valence-electron chi connectivity index (χ0n) is 19.5. The number of benzene rings is 1. The van der Waals surface area contributed by atoms with Gasteiger partial charge in [-0.15, -0.1) is 0 Å². The van der Waals surface area contributed by atoms with Crippen LogP contribution in [0.1, 0.15) is 46.2 Å². The highest BCUT2D eigenvalue weighted by molar-refractivity contribution is 6.73. The van der Waals surface area contributed by atoms with E-state index in [2.05, 4.69) is 20.8 Å². The molecule has 1 heterocycles. The van der Waals surface area contributed by atoms with Gasteiger partial charge in [-0.05, 0) is 37.5 Å². The third-order valence-corrected chi connectivity index (χ3v) is 10.6. The molecule has 0 bridgehead atoms. The average Bonchev–Trinajstić information content (AvgIpc) is 2.80. The first-order valence-electron chi connectivity index (χ1n) is 11.4. The molecule has 0 radical (unpaired) electrons. The predicted octanol–water partition coefficient (Wildman–Crippen LogP) is 4.54. The lowest BCUT2D eigenvalue weighted by molar-refractivity contribution is -0.162. The van der Waals surface area contributed by atoms with Crippen LogP contribution in [0.25, 0.3) is 0 Å². The number of carbonyl (C=O) groups excluding carboxylic acids is 2. The zero-order chi connectivity index (χ0) is 22.9. The van der Waals surface area contributed by atoms with E-state index in [1.807, 2.05) is 44.2 Å². The van der Waals surface area contributed by atoms with Crippen LogP contribution in [0, 0.1) is 0 Å². The molecule has 7 nitrogen and oxygen atoms in total. The van der Waals surface area contributed by atoms with Crippen molar-refractivity contribution in [2.75, 3.05) is 26.4 Å². The molecule has 2 rings (SSSR count). The van der Waals surface area contributed by atoms with Gasteiger partial charge in [0.25, 0.3) is 5.91 Å². The summed E-state index contributed by atoms with van der Waals surface area (Å²) in [7, 11) is -2.04. The van der Waals surface area contributed by atoms with Crippen LogP contribution in [0.4, 0.5) is 4.79 Å². The molecule has 0 aromatic heterocycles. The van der Waals surface area contributed by atoms with Gasteiger partial charge in [0.2, 0.25) is 0 Å². The number of β-lactam (4-membered cyclic amide) rings is 1. The van der Waals surface area contributed by atoms with Crippen molar-refractivity contribution in [3.8, 4) is 0 Å². The topological polar surface area (TPSA) is 74.3 Å². The number of hydrogen-bond acceptors (Lipinski definition) is 6. The van der Waals surface area contributed by atoms with Crippen LogP contribution < -0.4 is 0 Å². The summed E-state index contributed by atoms with van der Waals surface area (Å²) in [6.45, 7) is 11.6. The van der Waals surface area contributed by atoms with Crippen molar-refractivity contribution in [3.05, 3.63) is 35.9 Å². The molecular formula is C23H37NO6Si. The maximum atomic E-state index is 13.1. The fourth-order valence-electron chi connectivity index (χ4n) is 3.84. The Hall–Kier alpha value is -1.74. The van der Waals surface area contributed by atoms with Gasteiger partial charge in [-0.25, -0.2) is 9.69 Å². The Kier molecular flexibility index (Phi) is 10.2. The molecule has 1 aliphatic rings. The monoisotopic (exact) mass is 451 g/mol. The third kappa shape index (κ3) is 6.16. The lowest BCUT2D eigenvalue weighted by Crippen LogP contribution is -2.65. The van der Waals surface area contributed by atoms with Crippen molar-refractivity contribution < 1.29 is 28.2 Å². The van der Waals surface area contributed by atoms with E-state index in [1.54, 1.807) is 0 Å². The van der Waals surface area contributed by atoms with E-state index in [0.717, 1.165) is 23.7 Å². The number of hydrogen-bond donors (Lipinski definition) is 0. The lowest BCUT2D eigenvalue weighted by Gasteiger charge is -2.48. The molecule has 31 heavy (non-hydrogen) atoms. The van der Waals surface area contributed by atoms with Crippen LogP contribution in [0.15, 0.2) is 30.3 Å². The normalized spacial score (nSPS) is 18.9. The van der Waals surface area contributed by atoms with Crippen LogP contribution in [-0.4, -0.2) is 63.9 Å². The summed E-state index contributed by atoms with van der Waals surface area (Å²) < 4.78 is 22.9. The number of amides is 2. The van der Waals surface area contributed by atoms with Gasteiger partial charge in [0, 0.05) is 13.2 Å². The second-order valence-electron chi connectivity index (χ2n) is 7.67. The highest BCUT2D eigenvalue weighted by atomic mass is 28.4. The first-order chi connectivity index (χ1) is 15.0. The largest absolute Gasteiger partial charge is 0.441 e. The predicted molar refractivity (Wildman–Crippen MR) is 121 cm³/mol. The van der Waals surface area contributed by atoms with Crippen molar-refractivity contribution >= 4 is 20.3 Å². The van der Waals surface area contributed by atoms with Crippen molar-refractivity contribution in [2.45, 2.75) is 71.0 Å². The van der Waals surface area contributed by atoms with E-state index >= 15 is 0 Å². The van der Waals surface area contributed by atoms with Crippen molar-refractivity contribution in [1.82, 2.24) is 4.90 Å². The Morgan fingerprint density at radius 1 is 0.968 bits per heavy atom. The Morgan fingerprint density at radius 3 is 2.00 bits per heavy atom. The fraction of sp³-hybridized carbons (Fsp3) is 0.652. The molecule has 2 atom stereocenters. The molecule has 8 heteroatoms. The molecule has 0 aliphatic carbocycles. The lowest BCUT2D eigenvalue weighted by atomic mass is 9.91. The maximum Gasteiger partial charge on any atom is 0.417 e. The molecule has 0 saturated carbocycles. The highest BCUT2D eigenvalue weighted by Crippen LogP contribution is 2.40. The molecule has 0 N–H and O–H groups in total. The Labute approximate surface area is 187 Å². The maximum absolute atomic E-state index is 13.1. The van der Waals surface area contributed by atoms with Gasteiger partial charge in [0.15, 0.2) is 20.5 Å². The third-order valence-electron chi connectivity index (χ3n) is 5.98. The van der Waals surface area contributed by atoms with E-state index in [1.165, 1.54) is 4.90 Å². The average molecular weight is 452 g/mol. The Morgan fingerprint density at radius 2 is 1.52 bits per heavy atom. The summed E-state index contributed by atoms with van der Waals surface area (Å²) in [6, 6.07) is 11.8. The van der Waals surface area contributed by atoms with Crippen LogP contribution in [0.3, 0.4) is 0 Å². The van der Waals surface area contributed by atoms with Crippen molar-refractivity contribution in [1.29, 1.82) is 0 Å². The van der Waals surface area contributed by atoms with E-state index < -0.39 is 32.7 Å². The summed E-state index contributed by atoms with van der Waals surface area (Å²) >= 11 is 0. The van der Waals surface area contributed by atoms with Crippen LogP contribution in [-0.2, 0) is 23.4 Å². The molecule has 1 fully saturated rings. The summed E-state index contributed by atoms with van der Waals surface area (Å²) in [6.07, 6.45) is -1.91. The van der Waals surface area contributed by atoms with Gasteiger partial charge in [-0.3, -0.25) is 4.79 Å².